The van der Waals surface area contributed by atoms with Crippen molar-refractivity contribution in [3.63, 3.8) is 0 Å². The number of pyridine rings is 1. The molecule has 154 valence electrons. The summed E-state index contributed by atoms with van der Waals surface area (Å²) >= 11 is 6.37. The predicted octanol–water partition coefficient (Wildman–Crippen LogP) is 4.24. The van der Waals surface area contributed by atoms with Crippen LogP contribution in [0.3, 0.4) is 0 Å². The minimum Gasteiger partial charge on any atom is -0.489 e. The maximum absolute atomic E-state index is 12.9. The SMILES string of the molecule is O=C(Cc1cc(Cl)c2c(c1)OCCCO2)N1CC=C(c2c[nH]c3ncccc23)CC1. The molecule has 2 aromatic heterocycles. The number of amides is 1. The molecular weight excluding hydrogens is 402 g/mol. The van der Waals surface area contributed by atoms with Gasteiger partial charge < -0.3 is 19.4 Å². The third kappa shape index (κ3) is 3.63. The first kappa shape index (κ1) is 19.0. The molecule has 2 aliphatic rings. The van der Waals surface area contributed by atoms with Crippen LogP contribution >= 0.6 is 11.6 Å². The Balaban J connectivity index is 1.29. The minimum atomic E-state index is 0.0800. The van der Waals surface area contributed by atoms with Crippen molar-refractivity contribution >= 4 is 34.1 Å². The number of aromatic amines is 1. The number of halogens is 1. The van der Waals surface area contributed by atoms with Gasteiger partial charge in [-0.2, -0.15) is 0 Å². The van der Waals surface area contributed by atoms with Gasteiger partial charge in [-0.25, -0.2) is 4.98 Å². The number of carbonyl (C=O) groups excluding carboxylic acids is 1. The monoisotopic (exact) mass is 423 g/mol. The van der Waals surface area contributed by atoms with E-state index in [1.54, 1.807) is 12.3 Å². The number of hydrogen-bond acceptors (Lipinski definition) is 4. The average molecular weight is 424 g/mol. The van der Waals surface area contributed by atoms with Crippen LogP contribution in [-0.4, -0.2) is 47.1 Å². The normalized spacial score (nSPS) is 16.3. The Morgan fingerprint density at radius 1 is 1.27 bits per heavy atom. The molecule has 30 heavy (non-hydrogen) atoms. The van der Waals surface area contributed by atoms with Gasteiger partial charge in [-0.15, -0.1) is 0 Å². The topological polar surface area (TPSA) is 67.5 Å². The standard InChI is InChI=1S/C23H22ClN3O3/c24-19-11-15(12-20-22(19)30-10-2-9-29-20)13-21(28)27-7-4-16(5-8-27)18-14-26-23-17(18)3-1-6-25-23/h1,3-4,6,11-12,14H,2,5,7-10,13H2,(H,25,26). The highest BCUT2D eigenvalue weighted by Crippen LogP contribution is 2.38. The minimum absolute atomic E-state index is 0.0800. The quantitative estimate of drug-likeness (QED) is 0.684. The molecule has 6 nitrogen and oxygen atoms in total. The Hall–Kier alpha value is -2.99. The zero-order chi connectivity index (χ0) is 20.5. The van der Waals surface area contributed by atoms with Crippen molar-refractivity contribution in [2.24, 2.45) is 0 Å². The van der Waals surface area contributed by atoms with Crippen molar-refractivity contribution in [1.29, 1.82) is 0 Å². The van der Waals surface area contributed by atoms with E-state index in [1.165, 1.54) is 11.1 Å². The van der Waals surface area contributed by atoms with E-state index in [0.717, 1.165) is 29.4 Å². The van der Waals surface area contributed by atoms with E-state index in [9.17, 15) is 4.79 Å². The number of benzene rings is 1. The van der Waals surface area contributed by atoms with Gasteiger partial charge in [0.25, 0.3) is 0 Å². The Bertz CT molecular complexity index is 1140. The number of ether oxygens (including phenoxy) is 2. The second-order valence-corrected chi connectivity index (χ2v) is 7.96. The molecule has 5 rings (SSSR count). The van der Waals surface area contributed by atoms with E-state index < -0.39 is 0 Å². The van der Waals surface area contributed by atoms with Crippen molar-refractivity contribution in [3.05, 3.63) is 58.9 Å². The summed E-state index contributed by atoms with van der Waals surface area (Å²) in [7, 11) is 0. The Morgan fingerprint density at radius 2 is 2.17 bits per heavy atom. The summed E-state index contributed by atoms with van der Waals surface area (Å²) in [5.74, 6) is 1.28. The molecule has 0 aliphatic carbocycles. The van der Waals surface area contributed by atoms with Crippen molar-refractivity contribution < 1.29 is 14.3 Å². The van der Waals surface area contributed by atoms with Crippen LogP contribution in [-0.2, 0) is 11.2 Å². The van der Waals surface area contributed by atoms with Crippen LogP contribution in [0.25, 0.3) is 16.6 Å². The number of rotatable bonds is 3. The fraction of sp³-hybridized carbons (Fsp3) is 0.304. The number of fused-ring (bicyclic) bond motifs is 2. The lowest BCUT2D eigenvalue weighted by Gasteiger charge is -2.26. The highest BCUT2D eigenvalue weighted by atomic mass is 35.5. The third-order valence-electron chi connectivity index (χ3n) is 5.58. The predicted molar refractivity (Wildman–Crippen MR) is 116 cm³/mol. The number of aromatic nitrogens is 2. The summed E-state index contributed by atoms with van der Waals surface area (Å²) in [6, 6.07) is 7.69. The summed E-state index contributed by atoms with van der Waals surface area (Å²) in [6.07, 6.45) is 7.84. The van der Waals surface area contributed by atoms with Crippen molar-refractivity contribution in [3.8, 4) is 11.5 Å². The van der Waals surface area contributed by atoms with E-state index in [-0.39, 0.29) is 12.3 Å². The summed E-state index contributed by atoms with van der Waals surface area (Å²) in [4.78, 5) is 22.3. The van der Waals surface area contributed by atoms with E-state index in [1.807, 2.05) is 23.2 Å². The van der Waals surface area contributed by atoms with E-state index in [0.29, 0.717) is 42.8 Å². The van der Waals surface area contributed by atoms with Gasteiger partial charge in [0.05, 0.1) is 24.7 Å². The summed E-state index contributed by atoms with van der Waals surface area (Å²) in [6.45, 7) is 2.46. The number of nitrogens with zero attached hydrogens (tertiary/aromatic N) is 2. The van der Waals surface area contributed by atoms with Crippen LogP contribution in [0.2, 0.25) is 5.02 Å². The number of carbonyl (C=O) groups is 1. The first-order valence-electron chi connectivity index (χ1n) is 10.2. The van der Waals surface area contributed by atoms with Gasteiger partial charge in [-0.1, -0.05) is 17.7 Å². The molecule has 0 spiro atoms. The van der Waals surface area contributed by atoms with Crippen LogP contribution in [0, 0.1) is 0 Å². The van der Waals surface area contributed by atoms with Crippen molar-refractivity contribution in [2.45, 2.75) is 19.3 Å². The number of hydrogen-bond donors (Lipinski definition) is 1. The molecule has 1 aromatic carbocycles. The van der Waals surface area contributed by atoms with Gasteiger partial charge in [0, 0.05) is 42.9 Å². The summed E-state index contributed by atoms with van der Waals surface area (Å²) in [5.41, 5.74) is 4.14. The zero-order valence-corrected chi connectivity index (χ0v) is 17.2. The van der Waals surface area contributed by atoms with Crippen LogP contribution in [0.4, 0.5) is 0 Å². The van der Waals surface area contributed by atoms with E-state index >= 15 is 0 Å². The molecule has 3 aromatic rings. The molecule has 0 saturated heterocycles. The van der Waals surface area contributed by atoms with Crippen LogP contribution in [0.15, 0.2) is 42.7 Å². The van der Waals surface area contributed by atoms with Crippen molar-refractivity contribution in [2.75, 3.05) is 26.3 Å². The molecule has 0 atom stereocenters. The lowest BCUT2D eigenvalue weighted by Crippen LogP contribution is -2.35. The maximum Gasteiger partial charge on any atom is 0.227 e. The third-order valence-corrected chi connectivity index (χ3v) is 5.86. The highest BCUT2D eigenvalue weighted by Gasteiger charge is 2.22. The smallest absolute Gasteiger partial charge is 0.227 e. The lowest BCUT2D eigenvalue weighted by atomic mass is 9.99. The second kappa shape index (κ2) is 8.03. The van der Waals surface area contributed by atoms with Gasteiger partial charge in [0.1, 0.15) is 5.65 Å². The lowest BCUT2D eigenvalue weighted by molar-refractivity contribution is -0.130. The van der Waals surface area contributed by atoms with Gasteiger partial charge >= 0.3 is 0 Å². The van der Waals surface area contributed by atoms with E-state index in [4.69, 9.17) is 21.1 Å². The molecule has 2 aliphatic heterocycles. The average Bonchev–Trinajstić information content (AvgIpc) is 3.04. The fourth-order valence-corrected chi connectivity index (χ4v) is 4.32. The molecule has 7 heteroatoms. The Kier molecular flexibility index (Phi) is 5.09. The van der Waals surface area contributed by atoms with Crippen LogP contribution in [0.1, 0.15) is 24.0 Å². The van der Waals surface area contributed by atoms with Gasteiger partial charge in [0.15, 0.2) is 11.5 Å². The van der Waals surface area contributed by atoms with Crippen molar-refractivity contribution in [1.82, 2.24) is 14.9 Å². The molecule has 0 bridgehead atoms. The molecule has 1 amide bonds. The second-order valence-electron chi connectivity index (χ2n) is 7.55. The Morgan fingerprint density at radius 3 is 3.03 bits per heavy atom. The van der Waals surface area contributed by atoms with Gasteiger partial charge in [-0.3, -0.25) is 4.79 Å². The molecule has 0 radical (unpaired) electrons. The zero-order valence-electron chi connectivity index (χ0n) is 16.5. The Labute approximate surface area is 179 Å². The number of nitrogens with one attached hydrogen (secondary N) is 1. The first-order chi connectivity index (χ1) is 14.7. The molecule has 4 heterocycles. The van der Waals surface area contributed by atoms with Gasteiger partial charge in [-0.05, 0) is 41.8 Å². The fourth-order valence-electron chi connectivity index (χ4n) is 4.03. The number of H-pyrrole nitrogens is 1. The van der Waals surface area contributed by atoms with E-state index in [2.05, 4.69) is 22.1 Å². The molecule has 0 unspecified atom stereocenters. The van der Waals surface area contributed by atoms with Crippen LogP contribution in [0.5, 0.6) is 11.5 Å². The summed E-state index contributed by atoms with van der Waals surface area (Å²) < 4.78 is 11.4. The summed E-state index contributed by atoms with van der Waals surface area (Å²) in [5, 5.41) is 1.61. The maximum atomic E-state index is 12.9. The largest absolute Gasteiger partial charge is 0.489 e. The molecule has 0 saturated carbocycles. The highest BCUT2D eigenvalue weighted by molar-refractivity contribution is 6.32. The van der Waals surface area contributed by atoms with Crippen LogP contribution < -0.4 is 9.47 Å². The molecule has 0 fully saturated rings. The molecular formula is C23H22ClN3O3. The molecule has 1 N–H and O–H groups in total. The first-order valence-corrected chi connectivity index (χ1v) is 10.5. The van der Waals surface area contributed by atoms with Gasteiger partial charge in [0.2, 0.25) is 5.91 Å².